The smallest absolute Gasteiger partial charge is 0.436 e. The van der Waals surface area contributed by atoms with Crippen molar-refractivity contribution in [2.24, 2.45) is 0 Å². The minimum atomic E-state index is -4.96. The summed E-state index contributed by atoms with van der Waals surface area (Å²) in [5.74, 6) is -1.69. The van der Waals surface area contributed by atoms with E-state index in [0.717, 1.165) is 0 Å². The molecule has 0 saturated carbocycles. The normalized spacial score (nSPS) is 11.8. The van der Waals surface area contributed by atoms with Crippen molar-refractivity contribution in [3.63, 3.8) is 0 Å². The van der Waals surface area contributed by atoms with E-state index in [0.29, 0.717) is 37.2 Å². The highest BCUT2D eigenvalue weighted by Gasteiger charge is 2.42. The van der Waals surface area contributed by atoms with E-state index in [1.807, 2.05) is 0 Å². The molecule has 0 fully saturated rings. The van der Waals surface area contributed by atoms with Crippen molar-refractivity contribution in [3.8, 4) is 11.5 Å². The Morgan fingerprint density at radius 1 is 1.19 bits per heavy atom. The quantitative estimate of drug-likeness (QED) is 0.523. The number of anilines is 1. The largest absolute Gasteiger partial charge is 0.471 e. The Bertz CT molecular complexity index is 1030. The molecule has 142 valence electrons. The van der Waals surface area contributed by atoms with Gasteiger partial charge in [0, 0.05) is 17.8 Å². The lowest BCUT2D eigenvalue weighted by atomic mass is 10.1. The van der Waals surface area contributed by atoms with E-state index in [2.05, 4.69) is 4.98 Å². The van der Waals surface area contributed by atoms with Gasteiger partial charge in [-0.15, -0.1) is 0 Å². The van der Waals surface area contributed by atoms with Crippen molar-refractivity contribution in [1.82, 2.24) is 4.98 Å². The summed E-state index contributed by atoms with van der Waals surface area (Å²) in [5, 5.41) is 0.695. The van der Waals surface area contributed by atoms with Crippen LogP contribution < -0.4 is 4.90 Å². The lowest BCUT2D eigenvalue weighted by molar-refractivity contribution is -0.170. The molecule has 0 atom stereocenters. The van der Waals surface area contributed by atoms with Crippen molar-refractivity contribution in [2.75, 3.05) is 11.4 Å². The molecule has 0 aliphatic rings. The number of carbonyl (C=O) groups excluding carboxylic acids is 1. The topological polar surface area (TPSA) is 46.3 Å². The summed E-state index contributed by atoms with van der Waals surface area (Å²) >= 11 is 11.9. The zero-order valence-electron chi connectivity index (χ0n) is 14.2. The van der Waals surface area contributed by atoms with Gasteiger partial charge in [-0.25, -0.2) is 4.98 Å². The van der Waals surface area contributed by atoms with Gasteiger partial charge in [0.05, 0.1) is 10.0 Å². The van der Waals surface area contributed by atoms with Crippen molar-refractivity contribution in [1.29, 1.82) is 0 Å². The fourth-order valence-electron chi connectivity index (χ4n) is 2.69. The van der Waals surface area contributed by atoms with Crippen LogP contribution in [0.1, 0.15) is 12.5 Å². The van der Waals surface area contributed by atoms with Crippen LogP contribution in [0.25, 0.3) is 22.6 Å². The minimum absolute atomic E-state index is 0.0961. The first kappa shape index (κ1) is 19.5. The molecule has 0 aliphatic carbocycles. The molecule has 3 aromatic rings. The third kappa shape index (κ3) is 3.75. The average Bonchev–Trinajstić information content (AvgIpc) is 3.02. The highest BCUT2D eigenvalue weighted by Crippen LogP contribution is 2.33. The molecule has 4 nitrogen and oxygen atoms in total. The molecule has 0 bridgehead atoms. The van der Waals surface area contributed by atoms with Crippen molar-refractivity contribution in [3.05, 3.63) is 45.9 Å². The zero-order chi connectivity index (χ0) is 19.9. The first-order valence-electron chi connectivity index (χ1n) is 7.87. The maximum absolute atomic E-state index is 12.8. The van der Waals surface area contributed by atoms with E-state index in [4.69, 9.17) is 27.6 Å². The summed E-state index contributed by atoms with van der Waals surface area (Å²) < 4.78 is 44.2. The molecule has 27 heavy (non-hydrogen) atoms. The molecule has 1 amide bonds. The van der Waals surface area contributed by atoms with E-state index in [9.17, 15) is 18.0 Å². The van der Waals surface area contributed by atoms with Crippen LogP contribution in [0, 0.1) is 6.92 Å². The zero-order valence-corrected chi connectivity index (χ0v) is 15.7. The van der Waals surface area contributed by atoms with Gasteiger partial charge in [0.1, 0.15) is 5.52 Å². The Labute approximate surface area is 162 Å². The number of aryl methyl sites for hydroxylation is 1. The average molecular weight is 417 g/mol. The number of halogens is 5. The van der Waals surface area contributed by atoms with Crippen molar-refractivity contribution in [2.45, 2.75) is 20.0 Å². The number of benzene rings is 2. The second-order valence-electron chi connectivity index (χ2n) is 5.81. The van der Waals surface area contributed by atoms with Gasteiger partial charge in [-0.2, -0.15) is 13.2 Å². The predicted molar refractivity (Wildman–Crippen MR) is 98.3 cm³/mol. The number of alkyl halides is 3. The van der Waals surface area contributed by atoms with Gasteiger partial charge >= 0.3 is 12.1 Å². The minimum Gasteiger partial charge on any atom is -0.436 e. The summed E-state index contributed by atoms with van der Waals surface area (Å²) in [6.45, 7) is 3.00. The number of carbonyl (C=O) groups is 1. The van der Waals surface area contributed by atoms with Gasteiger partial charge in [-0.3, -0.25) is 4.79 Å². The fourth-order valence-corrected chi connectivity index (χ4v) is 2.98. The Morgan fingerprint density at radius 2 is 1.89 bits per heavy atom. The first-order valence-corrected chi connectivity index (χ1v) is 8.62. The van der Waals surface area contributed by atoms with Crippen LogP contribution in [-0.4, -0.2) is 23.6 Å². The number of oxazole rings is 1. The summed E-state index contributed by atoms with van der Waals surface area (Å²) in [6, 6.07) is 7.68. The third-order valence-electron chi connectivity index (χ3n) is 3.94. The monoisotopic (exact) mass is 416 g/mol. The van der Waals surface area contributed by atoms with E-state index in [1.165, 1.54) is 19.1 Å². The number of amides is 1. The van der Waals surface area contributed by atoms with Crippen LogP contribution in [0.5, 0.6) is 0 Å². The lowest BCUT2D eigenvalue weighted by Crippen LogP contribution is -2.41. The molecular formula is C18H13Cl2F3N2O2. The second kappa shape index (κ2) is 7.05. The number of aromatic nitrogens is 1. The van der Waals surface area contributed by atoms with E-state index in [1.54, 1.807) is 25.1 Å². The van der Waals surface area contributed by atoms with E-state index >= 15 is 0 Å². The Balaban J connectivity index is 2.09. The Morgan fingerprint density at radius 3 is 2.48 bits per heavy atom. The maximum Gasteiger partial charge on any atom is 0.471 e. The van der Waals surface area contributed by atoms with E-state index in [-0.39, 0.29) is 18.1 Å². The summed E-state index contributed by atoms with van der Waals surface area (Å²) in [4.78, 5) is 16.6. The highest BCUT2D eigenvalue weighted by molar-refractivity contribution is 6.42. The molecule has 0 saturated heterocycles. The number of hydrogen-bond donors (Lipinski definition) is 0. The van der Waals surface area contributed by atoms with Gasteiger partial charge in [0.15, 0.2) is 5.58 Å². The molecule has 2 aromatic carbocycles. The Hall–Kier alpha value is -2.25. The fraction of sp³-hybridized carbons (Fsp3) is 0.222. The number of hydrogen-bond acceptors (Lipinski definition) is 3. The van der Waals surface area contributed by atoms with Gasteiger partial charge < -0.3 is 9.32 Å². The van der Waals surface area contributed by atoms with Crippen LogP contribution in [0.3, 0.4) is 0 Å². The van der Waals surface area contributed by atoms with Crippen LogP contribution in [0.2, 0.25) is 10.0 Å². The van der Waals surface area contributed by atoms with Gasteiger partial charge in [-0.05, 0) is 49.7 Å². The lowest BCUT2D eigenvalue weighted by Gasteiger charge is -2.22. The molecule has 1 aromatic heterocycles. The second-order valence-corrected chi connectivity index (χ2v) is 6.62. The van der Waals surface area contributed by atoms with Crippen LogP contribution in [0.4, 0.5) is 18.9 Å². The third-order valence-corrected chi connectivity index (χ3v) is 4.68. The molecular weight excluding hydrogens is 404 g/mol. The molecule has 0 unspecified atom stereocenters. The number of rotatable bonds is 3. The summed E-state index contributed by atoms with van der Waals surface area (Å²) in [6.07, 6.45) is -4.96. The van der Waals surface area contributed by atoms with Crippen LogP contribution in [0.15, 0.2) is 34.7 Å². The SMILES string of the molecule is CCN(C(=O)C(F)(F)F)c1cc(C)c2oc(-c3ccc(Cl)c(Cl)c3)nc2c1. The van der Waals surface area contributed by atoms with Gasteiger partial charge in [0.2, 0.25) is 5.89 Å². The van der Waals surface area contributed by atoms with Crippen molar-refractivity contribution >= 4 is 45.9 Å². The van der Waals surface area contributed by atoms with Crippen molar-refractivity contribution < 1.29 is 22.4 Å². The number of nitrogens with zero attached hydrogens (tertiary/aromatic N) is 2. The standard InChI is InChI=1S/C18H13Cl2F3N2O2/c1-3-25(17(26)18(21,22)23)11-6-9(2)15-14(8-11)24-16(27-15)10-4-5-12(19)13(20)7-10/h4-8H,3H2,1-2H3. The van der Waals surface area contributed by atoms with Gasteiger partial charge in [-0.1, -0.05) is 23.2 Å². The molecule has 0 aliphatic heterocycles. The summed E-state index contributed by atoms with van der Waals surface area (Å²) in [5.41, 5.74) is 1.96. The molecule has 1 heterocycles. The van der Waals surface area contributed by atoms with Crippen LogP contribution >= 0.6 is 23.2 Å². The Kier molecular flexibility index (Phi) is 5.10. The highest BCUT2D eigenvalue weighted by atomic mass is 35.5. The molecule has 0 N–H and O–H groups in total. The van der Waals surface area contributed by atoms with E-state index < -0.39 is 12.1 Å². The predicted octanol–water partition coefficient (Wildman–Crippen LogP) is 6.03. The molecule has 3 rings (SSSR count). The van der Waals surface area contributed by atoms with Gasteiger partial charge in [0.25, 0.3) is 0 Å². The maximum atomic E-state index is 12.8. The van der Waals surface area contributed by atoms with Crippen LogP contribution in [-0.2, 0) is 4.79 Å². The summed E-state index contributed by atoms with van der Waals surface area (Å²) in [7, 11) is 0. The first-order chi connectivity index (χ1) is 12.6. The number of fused-ring (bicyclic) bond motifs is 1. The molecule has 0 radical (unpaired) electrons. The molecule has 9 heteroatoms. The molecule has 0 spiro atoms.